The zero-order chi connectivity index (χ0) is 20.8. The molecule has 154 valence electrons. The Morgan fingerprint density at radius 2 is 1.76 bits per heavy atom. The third kappa shape index (κ3) is 5.53. The highest BCUT2D eigenvalue weighted by atomic mass is 19.3. The fraction of sp³-hybridized carbons (Fsp3) is 0.364. The Morgan fingerprint density at radius 3 is 2.48 bits per heavy atom. The minimum absolute atomic E-state index is 0.00696. The van der Waals surface area contributed by atoms with Crippen molar-refractivity contribution in [2.75, 3.05) is 12.4 Å². The maximum Gasteiger partial charge on any atom is 0.387 e. The van der Waals surface area contributed by atoms with Gasteiger partial charge in [0.25, 0.3) is 0 Å². The van der Waals surface area contributed by atoms with Gasteiger partial charge >= 0.3 is 6.61 Å². The zero-order valence-corrected chi connectivity index (χ0v) is 16.2. The first-order valence-corrected chi connectivity index (χ1v) is 9.54. The van der Waals surface area contributed by atoms with Crippen molar-refractivity contribution in [3.63, 3.8) is 0 Å². The first kappa shape index (κ1) is 20.8. The molecule has 0 aliphatic heterocycles. The van der Waals surface area contributed by atoms with Crippen LogP contribution in [0.4, 0.5) is 14.5 Å². The van der Waals surface area contributed by atoms with E-state index in [1.165, 1.54) is 42.9 Å². The fourth-order valence-electron chi connectivity index (χ4n) is 3.44. The normalized spacial score (nSPS) is 13.0. The maximum atomic E-state index is 12.5. The van der Waals surface area contributed by atoms with Gasteiger partial charge in [0.05, 0.1) is 7.11 Å². The summed E-state index contributed by atoms with van der Waals surface area (Å²) in [6.45, 7) is -3.01. The number of anilines is 1. The predicted octanol–water partition coefficient (Wildman–Crippen LogP) is 4.78. The van der Waals surface area contributed by atoms with Crippen LogP contribution in [0.1, 0.15) is 47.2 Å². The van der Waals surface area contributed by atoms with Crippen LogP contribution in [0.5, 0.6) is 11.5 Å². The lowest BCUT2D eigenvalue weighted by atomic mass is 9.89. The van der Waals surface area contributed by atoms with Gasteiger partial charge in [0.15, 0.2) is 17.3 Å². The lowest BCUT2D eigenvalue weighted by Crippen LogP contribution is -2.14. The molecule has 0 unspecified atom stereocenters. The number of halogens is 2. The molecule has 0 saturated carbocycles. The first-order chi connectivity index (χ1) is 14.0. The smallest absolute Gasteiger partial charge is 0.387 e. The topological polar surface area (TPSA) is 64.6 Å². The molecule has 1 N–H and O–H groups in total. The average Bonchev–Trinajstić information content (AvgIpc) is 2.71. The number of nitrogens with one attached hydrogen (secondary N) is 1. The molecule has 0 aromatic heterocycles. The van der Waals surface area contributed by atoms with Crippen molar-refractivity contribution in [3.05, 3.63) is 53.1 Å². The highest BCUT2D eigenvalue weighted by molar-refractivity contribution is 6.00. The van der Waals surface area contributed by atoms with Gasteiger partial charge in [-0.05, 0) is 55.0 Å². The summed E-state index contributed by atoms with van der Waals surface area (Å²) in [5, 5.41) is 2.59. The number of ketones is 1. The molecule has 5 nitrogen and oxygen atoms in total. The second kappa shape index (κ2) is 9.49. The van der Waals surface area contributed by atoms with Crippen molar-refractivity contribution in [2.24, 2.45) is 0 Å². The van der Waals surface area contributed by atoms with E-state index in [9.17, 15) is 18.4 Å². The zero-order valence-electron chi connectivity index (χ0n) is 16.2. The number of amides is 1. The maximum absolute atomic E-state index is 12.5. The highest BCUT2D eigenvalue weighted by Crippen LogP contribution is 2.31. The fourth-order valence-corrected chi connectivity index (χ4v) is 3.44. The Labute approximate surface area is 168 Å². The monoisotopic (exact) mass is 403 g/mol. The molecule has 0 fully saturated rings. The van der Waals surface area contributed by atoms with Crippen molar-refractivity contribution >= 4 is 17.4 Å². The van der Waals surface area contributed by atoms with Crippen molar-refractivity contribution < 1.29 is 27.8 Å². The minimum Gasteiger partial charge on any atom is -0.493 e. The van der Waals surface area contributed by atoms with Crippen molar-refractivity contribution in [1.29, 1.82) is 0 Å². The van der Waals surface area contributed by atoms with E-state index in [1.54, 1.807) is 0 Å². The van der Waals surface area contributed by atoms with Gasteiger partial charge in [-0.25, -0.2) is 0 Å². The number of aryl methyl sites for hydroxylation is 2. The molecular formula is C22H23F2NO4. The molecule has 0 radical (unpaired) electrons. The van der Waals surface area contributed by atoms with E-state index < -0.39 is 6.61 Å². The molecule has 0 atom stereocenters. The van der Waals surface area contributed by atoms with Crippen molar-refractivity contribution in [1.82, 2.24) is 0 Å². The van der Waals surface area contributed by atoms with Crippen molar-refractivity contribution in [2.45, 2.75) is 45.1 Å². The molecule has 1 aliphatic carbocycles. The van der Waals surface area contributed by atoms with Gasteiger partial charge in [-0.2, -0.15) is 8.78 Å². The van der Waals surface area contributed by atoms with Gasteiger partial charge in [-0.15, -0.1) is 0 Å². The molecule has 2 aromatic rings. The number of benzene rings is 2. The standard InChI is InChI=1S/C22H23F2NO4/c1-28-19-10-8-17(13-20(19)29-22(23)24)25-21(27)11-9-18(26)16-7-6-14-4-2-3-5-15(14)12-16/h6-8,10,12-13,22H,2-5,9,11H2,1H3,(H,25,27). The molecule has 2 aromatic carbocycles. The quantitative estimate of drug-likeness (QED) is 0.645. The number of carbonyl (C=O) groups is 2. The summed E-state index contributed by atoms with van der Waals surface area (Å²) in [7, 11) is 1.33. The second-order valence-electron chi connectivity index (χ2n) is 6.91. The Kier molecular flexibility index (Phi) is 6.80. The van der Waals surface area contributed by atoms with E-state index in [2.05, 4.69) is 10.1 Å². The molecular weight excluding hydrogens is 380 g/mol. The Morgan fingerprint density at radius 1 is 1.00 bits per heavy atom. The Bertz CT molecular complexity index is 898. The third-order valence-corrected chi connectivity index (χ3v) is 4.91. The number of Topliss-reactive ketones (excluding diaryl/α,β-unsaturated/α-hetero) is 1. The van der Waals surface area contributed by atoms with Crippen LogP contribution in [-0.2, 0) is 17.6 Å². The van der Waals surface area contributed by atoms with Crippen LogP contribution >= 0.6 is 0 Å². The average molecular weight is 403 g/mol. The number of rotatable bonds is 8. The number of alkyl halides is 2. The lowest BCUT2D eigenvalue weighted by molar-refractivity contribution is -0.116. The number of hydrogen-bond donors (Lipinski definition) is 1. The van der Waals surface area contributed by atoms with Gasteiger partial charge in [0.1, 0.15) is 0 Å². The van der Waals surface area contributed by atoms with Crippen LogP contribution in [0, 0.1) is 0 Å². The predicted molar refractivity (Wildman–Crippen MR) is 105 cm³/mol. The number of hydrogen-bond acceptors (Lipinski definition) is 4. The van der Waals surface area contributed by atoms with E-state index in [4.69, 9.17) is 4.74 Å². The van der Waals surface area contributed by atoms with Crippen molar-refractivity contribution in [3.8, 4) is 11.5 Å². The van der Waals surface area contributed by atoms with E-state index >= 15 is 0 Å². The number of carbonyl (C=O) groups excluding carboxylic acids is 2. The largest absolute Gasteiger partial charge is 0.493 e. The molecule has 29 heavy (non-hydrogen) atoms. The highest BCUT2D eigenvalue weighted by Gasteiger charge is 2.15. The summed E-state index contributed by atoms with van der Waals surface area (Å²) < 4.78 is 34.4. The van der Waals surface area contributed by atoms with Crippen LogP contribution in [0.25, 0.3) is 0 Å². The third-order valence-electron chi connectivity index (χ3n) is 4.91. The first-order valence-electron chi connectivity index (χ1n) is 9.54. The van der Waals surface area contributed by atoms with Gasteiger partial charge in [0, 0.05) is 30.2 Å². The van der Waals surface area contributed by atoms with Crippen LogP contribution in [0.15, 0.2) is 36.4 Å². The molecule has 1 amide bonds. The number of ether oxygens (including phenoxy) is 2. The van der Waals surface area contributed by atoms with Gasteiger partial charge in [-0.1, -0.05) is 12.1 Å². The Balaban J connectivity index is 1.57. The summed E-state index contributed by atoms with van der Waals surface area (Å²) in [5.74, 6) is -0.522. The summed E-state index contributed by atoms with van der Waals surface area (Å²) in [4.78, 5) is 24.6. The van der Waals surface area contributed by atoms with Gasteiger partial charge < -0.3 is 14.8 Å². The van der Waals surface area contributed by atoms with E-state index in [-0.39, 0.29) is 41.7 Å². The SMILES string of the molecule is COc1ccc(NC(=O)CCC(=O)c2ccc3c(c2)CCCC3)cc1OC(F)F. The number of methoxy groups -OCH3 is 1. The van der Waals surface area contributed by atoms with E-state index in [0.29, 0.717) is 5.56 Å². The van der Waals surface area contributed by atoms with Gasteiger partial charge in [0.2, 0.25) is 5.91 Å². The van der Waals surface area contributed by atoms with Crippen LogP contribution in [0.2, 0.25) is 0 Å². The van der Waals surface area contributed by atoms with Crippen LogP contribution in [-0.4, -0.2) is 25.4 Å². The molecule has 0 bridgehead atoms. The second-order valence-corrected chi connectivity index (χ2v) is 6.91. The number of fused-ring (bicyclic) bond motifs is 1. The molecule has 0 saturated heterocycles. The van der Waals surface area contributed by atoms with E-state index in [1.807, 2.05) is 18.2 Å². The van der Waals surface area contributed by atoms with Gasteiger partial charge in [-0.3, -0.25) is 9.59 Å². The molecule has 0 spiro atoms. The molecule has 3 rings (SSSR count). The summed E-state index contributed by atoms with van der Waals surface area (Å²) in [6.07, 6.45) is 4.40. The molecule has 1 aliphatic rings. The summed E-state index contributed by atoms with van der Waals surface area (Å²) >= 11 is 0. The summed E-state index contributed by atoms with van der Waals surface area (Å²) in [6, 6.07) is 9.96. The molecule has 7 heteroatoms. The molecule has 0 heterocycles. The lowest BCUT2D eigenvalue weighted by Gasteiger charge is -2.16. The van der Waals surface area contributed by atoms with Crippen LogP contribution < -0.4 is 14.8 Å². The summed E-state index contributed by atoms with van der Waals surface area (Å²) in [5.41, 5.74) is 3.42. The Hall–Kier alpha value is -2.96. The minimum atomic E-state index is -3.01. The van der Waals surface area contributed by atoms with Crippen LogP contribution in [0.3, 0.4) is 0 Å². The van der Waals surface area contributed by atoms with E-state index in [0.717, 1.165) is 19.3 Å².